The molecule has 1 saturated carbocycles. The standard InChI is InChI=1S/C21H34/c1-3-5-6-10-16-21(15-4-2)17-13-20(14-18-21)19-11-8-7-9-12-19/h7-9,11-12,20H,3-6,10,13-18H2,1-2H3. The molecule has 0 heteroatoms. The second-order valence-corrected chi connectivity index (χ2v) is 7.25. The van der Waals surface area contributed by atoms with Crippen molar-refractivity contribution in [3.63, 3.8) is 0 Å². The predicted octanol–water partition coefficient (Wildman–Crippen LogP) is 7.10. The van der Waals surface area contributed by atoms with Crippen molar-refractivity contribution in [2.45, 2.75) is 90.4 Å². The lowest BCUT2D eigenvalue weighted by Crippen LogP contribution is -2.27. The summed E-state index contributed by atoms with van der Waals surface area (Å²) in [5, 5.41) is 0. The maximum atomic E-state index is 2.37. The van der Waals surface area contributed by atoms with Crippen LogP contribution in [-0.2, 0) is 0 Å². The third-order valence-corrected chi connectivity index (χ3v) is 5.66. The van der Waals surface area contributed by atoms with Gasteiger partial charge in [0.25, 0.3) is 0 Å². The Morgan fingerprint density at radius 3 is 2.19 bits per heavy atom. The van der Waals surface area contributed by atoms with Crippen LogP contribution in [0.1, 0.15) is 96.0 Å². The molecule has 0 bridgehead atoms. The van der Waals surface area contributed by atoms with Gasteiger partial charge in [-0.1, -0.05) is 76.3 Å². The van der Waals surface area contributed by atoms with Gasteiger partial charge in [0.2, 0.25) is 0 Å². The van der Waals surface area contributed by atoms with Crippen molar-refractivity contribution in [3.05, 3.63) is 35.9 Å². The molecule has 1 fully saturated rings. The first-order valence-corrected chi connectivity index (χ1v) is 9.34. The van der Waals surface area contributed by atoms with Crippen LogP contribution in [0, 0.1) is 5.41 Å². The molecule has 118 valence electrons. The first-order valence-electron chi connectivity index (χ1n) is 9.34. The van der Waals surface area contributed by atoms with Crippen molar-refractivity contribution in [1.82, 2.24) is 0 Å². The van der Waals surface area contributed by atoms with Crippen molar-refractivity contribution < 1.29 is 0 Å². The third-order valence-electron chi connectivity index (χ3n) is 5.66. The van der Waals surface area contributed by atoms with E-state index in [0.717, 1.165) is 5.92 Å². The van der Waals surface area contributed by atoms with Gasteiger partial charge in [-0.25, -0.2) is 0 Å². The van der Waals surface area contributed by atoms with Crippen LogP contribution in [0.3, 0.4) is 0 Å². The van der Waals surface area contributed by atoms with Crippen LogP contribution in [-0.4, -0.2) is 0 Å². The highest BCUT2D eigenvalue weighted by molar-refractivity contribution is 5.20. The van der Waals surface area contributed by atoms with Crippen LogP contribution < -0.4 is 0 Å². The second kappa shape index (κ2) is 8.61. The molecule has 0 unspecified atom stereocenters. The van der Waals surface area contributed by atoms with Crippen LogP contribution in [0.2, 0.25) is 0 Å². The van der Waals surface area contributed by atoms with Crippen LogP contribution in [0.5, 0.6) is 0 Å². The van der Waals surface area contributed by atoms with Crippen molar-refractivity contribution in [3.8, 4) is 0 Å². The fourth-order valence-corrected chi connectivity index (χ4v) is 4.37. The Balaban J connectivity index is 1.87. The maximum Gasteiger partial charge on any atom is -0.0162 e. The normalized spacial score (nSPS) is 25.9. The maximum absolute atomic E-state index is 2.37. The fourth-order valence-electron chi connectivity index (χ4n) is 4.37. The summed E-state index contributed by atoms with van der Waals surface area (Å²) in [6.45, 7) is 4.68. The minimum atomic E-state index is 0.688. The Morgan fingerprint density at radius 2 is 1.57 bits per heavy atom. The summed E-state index contributed by atoms with van der Waals surface area (Å²) in [7, 11) is 0. The lowest BCUT2D eigenvalue weighted by atomic mass is 9.64. The minimum Gasteiger partial charge on any atom is -0.0654 e. The first-order chi connectivity index (χ1) is 10.3. The van der Waals surface area contributed by atoms with Crippen molar-refractivity contribution in [2.75, 3.05) is 0 Å². The predicted molar refractivity (Wildman–Crippen MR) is 93.8 cm³/mol. The zero-order valence-electron chi connectivity index (χ0n) is 14.2. The Labute approximate surface area is 132 Å². The van der Waals surface area contributed by atoms with E-state index in [0.29, 0.717) is 5.41 Å². The van der Waals surface area contributed by atoms with Gasteiger partial charge in [-0.3, -0.25) is 0 Å². The Kier molecular flexibility index (Phi) is 6.80. The molecule has 1 aromatic carbocycles. The number of unbranched alkanes of at least 4 members (excludes halogenated alkanes) is 3. The molecular formula is C21H34. The Bertz CT molecular complexity index is 370. The van der Waals surface area contributed by atoms with E-state index in [2.05, 4.69) is 44.2 Å². The molecule has 1 aliphatic rings. The average Bonchev–Trinajstić information content (AvgIpc) is 2.54. The van der Waals surface area contributed by atoms with E-state index in [1.807, 2.05) is 0 Å². The third kappa shape index (κ3) is 4.87. The molecule has 0 atom stereocenters. The molecule has 0 aliphatic heterocycles. The van der Waals surface area contributed by atoms with E-state index in [9.17, 15) is 0 Å². The van der Waals surface area contributed by atoms with Gasteiger partial charge in [0.1, 0.15) is 0 Å². The molecule has 0 aromatic heterocycles. The number of benzene rings is 1. The summed E-state index contributed by atoms with van der Waals surface area (Å²) >= 11 is 0. The number of hydrogen-bond acceptors (Lipinski definition) is 0. The van der Waals surface area contributed by atoms with Crippen molar-refractivity contribution in [1.29, 1.82) is 0 Å². The van der Waals surface area contributed by atoms with E-state index in [1.54, 1.807) is 5.56 Å². The number of hydrogen-bond donors (Lipinski definition) is 0. The second-order valence-electron chi connectivity index (χ2n) is 7.25. The Morgan fingerprint density at radius 1 is 0.857 bits per heavy atom. The monoisotopic (exact) mass is 286 g/mol. The lowest BCUT2D eigenvalue weighted by molar-refractivity contribution is 0.138. The largest absolute Gasteiger partial charge is 0.0654 e. The topological polar surface area (TPSA) is 0 Å². The lowest BCUT2D eigenvalue weighted by Gasteiger charge is -2.41. The zero-order chi connectivity index (χ0) is 15.0. The van der Waals surface area contributed by atoms with Gasteiger partial charge in [0.15, 0.2) is 0 Å². The van der Waals surface area contributed by atoms with Crippen molar-refractivity contribution >= 4 is 0 Å². The molecule has 0 amide bonds. The summed E-state index contributed by atoms with van der Waals surface area (Å²) in [5.74, 6) is 0.826. The van der Waals surface area contributed by atoms with Gasteiger partial charge in [-0.2, -0.15) is 0 Å². The van der Waals surface area contributed by atoms with Gasteiger partial charge in [0, 0.05) is 0 Å². The average molecular weight is 287 g/mol. The molecule has 0 radical (unpaired) electrons. The van der Waals surface area contributed by atoms with Gasteiger partial charge < -0.3 is 0 Å². The van der Waals surface area contributed by atoms with E-state index < -0.39 is 0 Å². The molecule has 1 aliphatic carbocycles. The van der Waals surface area contributed by atoms with Crippen LogP contribution >= 0.6 is 0 Å². The van der Waals surface area contributed by atoms with E-state index in [4.69, 9.17) is 0 Å². The first kappa shape index (κ1) is 16.6. The number of rotatable bonds is 8. The highest BCUT2D eigenvalue weighted by Crippen LogP contribution is 2.48. The fraction of sp³-hybridized carbons (Fsp3) is 0.714. The smallest absolute Gasteiger partial charge is 0.0162 e. The quantitative estimate of drug-likeness (QED) is 0.447. The summed E-state index contributed by atoms with van der Waals surface area (Å²) in [4.78, 5) is 0. The SMILES string of the molecule is CCCCCCC1(CCC)CCC(c2ccccc2)CC1. The van der Waals surface area contributed by atoms with E-state index in [1.165, 1.54) is 70.6 Å². The summed E-state index contributed by atoms with van der Waals surface area (Å²) in [6, 6.07) is 11.2. The summed E-state index contributed by atoms with van der Waals surface area (Å²) < 4.78 is 0. The highest BCUT2D eigenvalue weighted by Gasteiger charge is 2.34. The van der Waals surface area contributed by atoms with Gasteiger partial charge in [-0.15, -0.1) is 0 Å². The van der Waals surface area contributed by atoms with Gasteiger partial charge in [-0.05, 0) is 55.4 Å². The van der Waals surface area contributed by atoms with Crippen molar-refractivity contribution in [2.24, 2.45) is 5.41 Å². The van der Waals surface area contributed by atoms with Crippen LogP contribution in [0.25, 0.3) is 0 Å². The van der Waals surface area contributed by atoms with Crippen LogP contribution in [0.15, 0.2) is 30.3 Å². The summed E-state index contributed by atoms with van der Waals surface area (Å²) in [5.41, 5.74) is 2.27. The molecule has 0 N–H and O–H groups in total. The molecular weight excluding hydrogens is 252 g/mol. The molecule has 2 rings (SSSR count). The Hall–Kier alpha value is -0.780. The van der Waals surface area contributed by atoms with Gasteiger partial charge in [0.05, 0.1) is 0 Å². The summed E-state index contributed by atoms with van der Waals surface area (Å²) in [6.07, 6.45) is 15.8. The molecule has 0 spiro atoms. The molecule has 0 nitrogen and oxygen atoms in total. The van der Waals surface area contributed by atoms with Gasteiger partial charge >= 0.3 is 0 Å². The molecule has 21 heavy (non-hydrogen) atoms. The molecule has 0 heterocycles. The molecule has 0 saturated heterocycles. The highest BCUT2D eigenvalue weighted by atomic mass is 14.4. The zero-order valence-corrected chi connectivity index (χ0v) is 14.2. The van der Waals surface area contributed by atoms with E-state index >= 15 is 0 Å². The van der Waals surface area contributed by atoms with E-state index in [-0.39, 0.29) is 0 Å². The minimum absolute atomic E-state index is 0.688. The molecule has 1 aromatic rings. The van der Waals surface area contributed by atoms with Crippen LogP contribution in [0.4, 0.5) is 0 Å².